The lowest BCUT2D eigenvalue weighted by Crippen LogP contribution is -1.80. The summed E-state index contributed by atoms with van der Waals surface area (Å²) in [6.45, 7) is 3.52. The van der Waals surface area contributed by atoms with Gasteiger partial charge in [-0.05, 0) is 6.92 Å². The number of aromatic nitrogens is 1. The number of rotatable bonds is 1. The van der Waals surface area contributed by atoms with Gasteiger partial charge in [0.25, 0.3) is 0 Å². The zero-order valence-electron chi connectivity index (χ0n) is 5.83. The van der Waals surface area contributed by atoms with Crippen LogP contribution in [0.2, 0.25) is 0 Å². The van der Waals surface area contributed by atoms with Crippen LogP contribution in [0.25, 0.3) is 5.53 Å². The Bertz CT molecular complexity index is 283. The third-order valence-corrected chi connectivity index (χ3v) is 1.11. The van der Waals surface area contributed by atoms with Gasteiger partial charge in [0.15, 0.2) is 5.89 Å². The standard InChI is InChI=1S/C6H7N3O/c1-4-6(3-8-7)10-5(2)9-4/h3H,1-2H3. The number of hydrogen-bond acceptors (Lipinski definition) is 2. The molecule has 0 aliphatic carbocycles. The minimum Gasteiger partial charge on any atom is -0.434 e. The fourth-order valence-corrected chi connectivity index (χ4v) is 0.719. The van der Waals surface area contributed by atoms with E-state index < -0.39 is 0 Å². The topological polar surface area (TPSA) is 62.4 Å². The Morgan fingerprint density at radius 2 is 2.30 bits per heavy atom. The molecule has 0 aromatic carbocycles. The lowest BCUT2D eigenvalue weighted by atomic mass is 10.4. The molecule has 4 heteroatoms. The molecule has 0 atom stereocenters. The number of oxazole rings is 1. The Kier molecular flexibility index (Phi) is 1.65. The van der Waals surface area contributed by atoms with Gasteiger partial charge in [-0.25, -0.2) is 4.98 Å². The molecule has 10 heavy (non-hydrogen) atoms. The first kappa shape index (κ1) is 6.71. The zero-order valence-corrected chi connectivity index (χ0v) is 5.83. The third-order valence-electron chi connectivity index (χ3n) is 1.11. The first-order valence-corrected chi connectivity index (χ1v) is 2.85. The van der Waals surface area contributed by atoms with Gasteiger partial charge in [-0.3, -0.25) is 0 Å². The van der Waals surface area contributed by atoms with Gasteiger partial charge in [-0.15, -0.1) is 0 Å². The highest BCUT2D eigenvalue weighted by molar-refractivity contribution is 5.72. The normalized spacial score (nSPS) is 9.00. The monoisotopic (exact) mass is 137 g/mol. The summed E-state index contributed by atoms with van der Waals surface area (Å²) in [5.74, 6) is 1.08. The van der Waals surface area contributed by atoms with Crippen LogP contribution in [0.5, 0.6) is 0 Å². The third kappa shape index (κ3) is 1.11. The van der Waals surface area contributed by atoms with Crippen LogP contribution in [0.4, 0.5) is 0 Å². The highest BCUT2D eigenvalue weighted by Crippen LogP contribution is 2.04. The van der Waals surface area contributed by atoms with Crippen LogP contribution in [0.1, 0.15) is 17.3 Å². The molecule has 0 saturated heterocycles. The van der Waals surface area contributed by atoms with Gasteiger partial charge in [0.2, 0.25) is 5.76 Å². The van der Waals surface area contributed by atoms with E-state index in [-0.39, 0.29) is 0 Å². The van der Waals surface area contributed by atoms with Gasteiger partial charge >= 0.3 is 6.21 Å². The molecular weight excluding hydrogens is 130 g/mol. The first-order valence-electron chi connectivity index (χ1n) is 2.85. The molecule has 0 radical (unpaired) electrons. The highest BCUT2D eigenvalue weighted by atomic mass is 16.4. The predicted molar refractivity (Wildman–Crippen MR) is 34.8 cm³/mol. The van der Waals surface area contributed by atoms with Gasteiger partial charge in [-0.1, -0.05) is 0 Å². The maximum atomic E-state index is 8.14. The summed E-state index contributed by atoms with van der Waals surface area (Å²) in [4.78, 5) is 6.78. The van der Waals surface area contributed by atoms with Crippen molar-refractivity contribution in [2.75, 3.05) is 0 Å². The lowest BCUT2D eigenvalue weighted by Gasteiger charge is -1.74. The maximum absolute atomic E-state index is 8.14. The minimum absolute atomic E-state index is 0.500. The molecule has 0 amide bonds. The van der Waals surface area contributed by atoms with E-state index in [0.29, 0.717) is 11.7 Å². The average molecular weight is 137 g/mol. The van der Waals surface area contributed by atoms with Crippen LogP contribution < -0.4 is 0 Å². The quantitative estimate of drug-likeness (QED) is 0.328. The van der Waals surface area contributed by atoms with Crippen molar-refractivity contribution in [1.82, 2.24) is 4.98 Å². The Balaban J connectivity index is 3.14. The summed E-state index contributed by atoms with van der Waals surface area (Å²) in [6, 6.07) is 0. The van der Waals surface area contributed by atoms with E-state index in [1.807, 2.05) is 0 Å². The van der Waals surface area contributed by atoms with Crippen LogP contribution in [0.15, 0.2) is 4.42 Å². The van der Waals surface area contributed by atoms with Gasteiger partial charge in [0.05, 0.1) is 5.69 Å². The minimum atomic E-state index is 0.500. The average Bonchev–Trinajstić information content (AvgIpc) is 2.13. The van der Waals surface area contributed by atoms with Crippen molar-refractivity contribution in [3.63, 3.8) is 0 Å². The number of nitrogens with zero attached hydrogens (tertiary/aromatic N) is 3. The fourth-order valence-electron chi connectivity index (χ4n) is 0.719. The van der Waals surface area contributed by atoms with E-state index in [1.54, 1.807) is 13.8 Å². The molecular formula is C6H7N3O. The smallest absolute Gasteiger partial charge is 0.324 e. The second-order valence-corrected chi connectivity index (χ2v) is 1.93. The van der Waals surface area contributed by atoms with Crippen LogP contribution in [-0.2, 0) is 0 Å². The van der Waals surface area contributed by atoms with Crippen molar-refractivity contribution in [3.8, 4) is 0 Å². The van der Waals surface area contributed by atoms with Gasteiger partial charge in [-0.2, -0.15) is 4.79 Å². The molecule has 0 bridgehead atoms. The molecule has 0 saturated carbocycles. The van der Waals surface area contributed by atoms with Crippen molar-refractivity contribution in [1.29, 1.82) is 0 Å². The maximum Gasteiger partial charge on any atom is 0.324 e. The molecule has 1 heterocycles. The molecule has 1 aromatic heterocycles. The van der Waals surface area contributed by atoms with E-state index in [2.05, 4.69) is 9.77 Å². The van der Waals surface area contributed by atoms with Gasteiger partial charge < -0.3 is 9.95 Å². The molecule has 1 rings (SSSR count). The number of aryl methyl sites for hydroxylation is 2. The highest BCUT2D eigenvalue weighted by Gasteiger charge is 2.05. The molecule has 0 N–H and O–H groups in total. The van der Waals surface area contributed by atoms with E-state index >= 15 is 0 Å². The fraction of sp³-hybridized carbons (Fsp3) is 0.333. The Hall–Kier alpha value is -1.41. The van der Waals surface area contributed by atoms with E-state index in [0.717, 1.165) is 5.69 Å². The molecule has 0 unspecified atom stereocenters. The largest absolute Gasteiger partial charge is 0.434 e. The van der Waals surface area contributed by atoms with Crippen molar-refractivity contribution >= 4 is 6.21 Å². The molecule has 1 aromatic rings. The Labute approximate surface area is 58.1 Å². The van der Waals surface area contributed by atoms with Crippen LogP contribution in [-0.4, -0.2) is 16.0 Å². The summed E-state index contributed by atoms with van der Waals surface area (Å²) < 4.78 is 5.03. The van der Waals surface area contributed by atoms with Gasteiger partial charge in [0, 0.05) is 6.92 Å². The summed E-state index contributed by atoms with van der Waals surface area (Å²) in [7, 11) is 0. The Morgan fingerprint density at radius 3 is 2.70 bits per heavy atom. The molecule has 4 nitrogen and oxygen atoms in total. The van der Waals surface area contributed by atoms with Gasteiger partial charge in [0.1, 0.15) is 0 Å². The van der Waals surface area contributed by atoms with Crippen LogP contribution in [0, 0.1) is 13.8 Å². The lowest BCUT2D eigenvalue weighted by molar-refractivity contribution is 0.00297. The molecule has 0 aliphatic rings. The zero-order chi connectivity index (χ0) is 7.56. The predicted octanol–water partition coefficient (Wildman–Crippen LogP) is 0.940. The summed E-state index contributed by atoms with van der Waals surface area (Å²) in [6.07, 6.45) is 1.22. The Morgan fingerprint density at radius 1 is 1.60 bits per heavy atom. The van der Waals surface area contributed by atoms with Crippen molar-refractivity contribution in [2.24, 2.45) is 0 Å². The molecule has 0 fully saturated rings. The second kappa shape index (κ2) is 2.45. The first-order chi connectivity index (χ1) is 4.74. The second-order valence-electron chi connectivity index (χ2n) is 1.93. The van der Waals surface area contributed by atoms with Crippen LogP contribution >= 0.6 is 0 Å². The molecule has 0 spiro atoms. The number of hydrogen-bond donors (Lipinski definition) is 0. The summed E-state index contributed by atoms with van der Waals surface area (Å²) in [5, 5.41) is 0. The van der Waals surface area contributed by atoms with E-state index in [4.69, 9.17) is 9.95 Å². The van der Waals surface area contributed by atoms with Crippen molar-refractivity contribution < 1.29 is 9.21 Å². The van der Waals surface area contributed by atoms with Crippen molar-refractivity contribution in [2.45, 2.75) is 13.8 Å². The van der Waals surface area contributed by atoms with E-state index in [1.165, 1.54) is 6.21 Å². The summed E-state index contributed by atoms with van der Waals surface area (Å²) >= 11 is 0. The molecule has 0 aliphatic heterocycles. The van der Waals surface area contributed by atoms with Crippen LogP contribution in [0.3, 0.4) is 0 Å². The van der Waals surface area contributed by atoms with Crippen molar-refractivity contribution in [3.05, 3.63) is 22.9 Å². The SMILES string of the molecule is Cc1nc(C)c(C=[N+]=[N-])o1. The molecule has 52 valence electrons. The van der Waals surface area contributed by atoms with E-state index in [9.17, 15) is 0 Å². The summed E-state index contributed by atoms with van der Waals surface area (Å²) in [5.41, 5.74) is 8.87.